The van der Waals surface area contributed by atoms with Gasteiger partial charge in [0.05, 0.1) is 20.3 Å². The molecule has 1 amide bonds. The third-order valence-corrected chi connectivity index (χ3v) is 3.39. The van der Waals surface area contributed by atoms with Crippen molar-refractivity contribution in [2.75, 3.05) is 34.9 Å². The van der Waals surface area contributed by atoms with Gasteiger partial charge in [-0.05, 0) is 38.2 Å². The number of ether oxygens (including phenoxy) is 2. The zero-order valence-electron chi connectivity index (χ0n) is 13.6. The summed E-state index contributed by atoms with van der Waals surface area (Å²) in [4.78, 5) is 13.7. The van der Waals surface area contributed by atoms with Crippen LogP contribution in [0.3, 0.4) is 0 Å². The van der Waals surface area contributed by atoms with Gasteiger partial charge in [0.1, 0.15) is 0 Å². The van der Waals surface area contributed by atoms with Crippen molar-refractivity contribution in [1.29, 1.82) is 0 Å². The molecule has 0 aromatic heterocycles. The molecule has 0 aliphatic rings. The average Bonchev–Trinajstić information content (AvgIpc) is 2.47. The number of methoxy groups -OCH3 is 2. The van der Waals surface area contributed by atoms with Crippen LogP contribution in [0.4, 0.5) is 0 Å². The molecule has 0 saturated carbocycles. The molecule has 0 spiro atoms. The normalized spacial score (nSPS) is 12.1. The molecule has 1 unspecified atom stereocenters. The van der Waals surface area contributed by atoms with Gasteiger partial charge >= 0.3 is 0 Å². The number of nitrogens with zero attached hydrogens (tertiary/aromatic N) is 1. The maximum Gasteiger partial charge on any atom is 0.220 e. The van der Waals surface area contributed by atoms with Gasteiger partial charge in [0.2, 0.25) is 5.91 Å². The molecular weight excluding hydrogens is 268 g/mol. The first-order chi connectivity index (χ1) is 10.0. The van der Waals surface area contributed by atoms with Gasteiger partial charge in [0.25, 0.3) is 0 Å². The lowest BCUT2D eigenvalue weighted by Crippen LogP contribution is -2.34. The third-order valence-electron chi connectivity index (χ3n) is 3.39. The molecular formula is C16H26N2O3. The highest BCUT2D eigenvalue weighted by Gasteiger charge is 2.17. The number of hydrogen-bond acceptors (Lipinski definition) is 4. The van der Waals surface area contributed by atoms with Crippen molar-refractivity contribution in [2.45, 2.75) is 25.8 Å². The van der Waals surface area contributed by atoms with E-state index >= 15 is 0 Å². The van der Waals surface area contributed by atoms with E-state index in [1.165, 1.54) is 0 Å². The number of rotatable bonds is 8. The fraction of sp³-hybridized carbons (Fsp3) is 0.562. The number of carbonyl (C=O) groups excluding carboxylic acids is 1. The van der Waals surface area contributed by atoms with E-state index in [-0.39, 0.29) is 11.9 Å². The summed E-state index contributed by atoms with van der Waals surface area (Å²) < 4.78 is 10.6. The van der Waals surface area contributed by atoms with Crippen molar-refractivity contribution in [3.63, 3.8) is 0 Å². The lowest BCUT2D eigenvalue weighted by molar-refractivity contribution is -0.121. The van der Waals surface area contributed by atoms with E-state index in [0.717, 1.165) is 12.0 Å². The van der Waals surface area contributed by atoms with E-state index in [1.807, 2.05) is 39.2 Å². The molecule has 5 nitrogen and oxygen atoms in total. The lowest BCUT2D eigenvalue weighted by Gasteiger charge is -2.25. The Kier molecular flexibility index (Phi) is 7.02. The van der Waals surface area contributed by atoms with Gasteiger partial charge in [-0.25, -0.2) is 0 Å². The molecule has 0 heterocycles. The van der Waals surface area contributed by atoms with Crippen LogP contribution >= 0.6 is 0 Å². The zero-order valence-corrected chi connectivity index (χ0v) is 13.6. The summed E-state index contributed by atoms with van der Waals surface area (Å²) >= 11 is 0. The summed E-state index contributed by atoms with van der Waals surface area (Å²) in [6.07, 6.45) is 1.42. The Bertz CT molecular complexity index is 461. The van der Waals surface area contributed by atoms with Crippen LogP contribution < -0.4 is 14.8 Å². The van der Waals surface area contributed by atoms with E-state index in [0.29, 0.717) is 24.5 Å². The van der Waals surface area contributed by atoms with Crippen LogP contribution in [0, 0.1) is 0 Å². The number of likely N-dealkylation sites (N-methyl/N-ethyl adjacent to an activating group) is 1. The minimum atomic E-state index is 0.0878. The molecule has 1 atom stereocenters. The molecule has 5 heteroatoms. The van der Waals surface area contributed by atoms with Gasteiger partial charge in [-0.3, -0.25) is 4.79 Å². The Labute approximate surface area is 127 Å². The fourth-order valence-electron chi connectivity index (χ4n) is 2.18. The smallest absolute Gasteiger partial charge is 0.220 e. The molecule has 21 heavy (non-hydrogen) atoms. The van der Waals surface area contributed by atoms with E-state index in [1.54, 1.807) is 14.2 Å². The second kappa shape index (κ2) is 8.52. The number of nitrogens with one attached hydrogen (secondary N) is 1. The lowest BCUT2D eigenvalue weighted by atomic mass is 10.0. The van der Waals surface area contributed by atoms with Gasteiger partial charge in [-0.1, -0.05) is 13.0 Å². The molecule has 0 aliphatic heterocycles. The van der Waals surface area contributed by atoms with E-state index in [2.05, 4.69) is 10.2 Å². The Hall–Kier alpha value is -1.75. The van der Waals surface area contributed by atoms with Crippen LogP contribution in [0.25, 0.3) is 0 Å². The van der Waals surface area contributed by atoms with E-state index in [9.17, 15) is 4.79 Å². The topological polar surface area (TPSA) is 50.8 Å². The molecule has 1 N–H and O–H groups in total. The average molecular weight is 294 g/mol. The summed E-state index contributed by atoms with van der Waals surface area (Å²) in [6.45, 7) is 2.57. The molecule has 118 valence electrons. The summed E-state index contributed by atoms with van der Waals surface area (Å²) in [5, 5.41) is 2.98. The van der Waals surface area contributed by atoms with Crippen molar-refractivity contribution >= 4 is 5.91 Å². The maximum absolute atomic E-state index is 11.7. The molecule has 1 aromatic rings. The second-order valence-electron chi connectivity index (χ2n) is 5.15. The maximum atomic E-state index is 11.7. The summed E-state index contributed by atoms with van der Waals surface area (Å²) in [5.41, 5.74) is 1.08. The van der Waals surface area contributed by atoms with E-state index in [4.69, 9.17) is 9.47 Å². The van der Waals surface area contributed by atoms with Gasteiger partial charge in [0.15, 0.2) is 11.5 Å². The summed E-state index contributed by atoms with van der Waals surface area (Å²) in [5.74, 6) is 1.49. The minimum Gasteiger partial charge on any atom is -0.493 e. The van der Waals surface area contributed by atoms with Gasteiger partial charge < -0.3 is 19.7 Å². The van der Waals surface area contributed by atoms with Crippen molar-refractivity contribution < 1.29 is 14.3 Å². The highest BCUT2D eigenvalue weighted by Crippen LogP contribution is 2.31. The number of amides is 1. The number of hydrogen-bond donors (Lipinski definition) is 1. The second-order valence-corrected chi connectivity index (χ2v) is 5.15. The molecule has 0 fully saturated rings. The van der Waals surface area contributed by atoms with Crippen LogP contribution in [0.2, 0.25) is 0 Å². The van der Waals surface area contributed by atoms with Crippen molar-refractivity contribution in [2.24, 2.45) is 0 Å². The molecule has 0 saturated heterocycles. The molecule has 1 rings (SSSR count). The van der Waals surface area contributed by atoms with Crippen LogP contribution in [-0.4, -0.2) is 45.7 Å². The van der Waals surface area contributed by atoms with Crippen molar-refractivity contribution in [3.8, 4) is 11.5 Å². The highest BCUT2D eigenvalue weighted by atomic mass is 16.5. The van der Waals surface area contributed by atoms with Crippen LogP contribution in [0.15, 0.2) is 18.2 Å². The molecule has 0 bridgehead atoms. The van der Waals surface area contributed by atoms with E-state index < -0.39 is 0 Å². The Morgan fingerprint density at radius 1 is 1.24 bits per heavy atom. The Morgan fingerprint density at radius 2 is 1.90 bits per heavy atom. The predicted octanol–water partition coefficient (Wildman–Crippen LogP) is 2.22. The Morgan fingerprint density at radius 3 is 2.43 bits per heavy atom. The molecule has 0 radical (unpaired) electrons. The van der Waals surface area contributed by atoms with Gasteiger partial charge in [-0.2, -0.15) is 0 Å². The highest BCUT2D eigenvalue weighted by molar-refractivity contribution is 5.75. The first-order valence-corrected chi connectivity index (χ1v) is 7.18. The first-order valence-electron chi connectivity index (χ1n) is 7.18. The predicted molar refractivity (Wildman–Crippen MR) is 83.9 cm³/mol. The summed E-state index contributed by atoms with van der Waals surface area (Å²) in [6, 6.07) is 5.93. The van der Waals surface area contributed by atoms with Crippen LogP contribution in [0.5, 0.6) is 11.5 Å². The monoisotopic (exact) mass is 294 g/mol. The first kappa shape index (κ1) is 17.3. The molecule has 1 aromatic carbocycles. The number of benzene rings is 1. The van der Waals surface area contributed by atoms with Crippen LogP contribution in [0.1, 0.15) is 31.4 Å². The fourth-order valence-corrected chi connectivity index (χ4v) is 2.18. The SMILES string of the molecule is CCCC(=O)NCC(c1ccc(OC)c(OC)c1)N(C)C. The summed E-state index contributed by atoms with van der Waals surface area (Å²) in [7, 11) is 7.22. The van der Waals surface area contributed by atoms with Crippen molar-refractivity contribution in [3.05, 3.63) is 23.8 Å². The standard InChI is InChI=1S/C16H26N2O3/c1-6-7-16(19)17-11-13(18(2)3)12-8-9-14(20-4)15(10-12)21-5/h8-10,13H,6-7,11H2,1-5H3,(H,17,19). The minimum absolute atomic E-state index is 0.0878. The molecule has 0 aliphatic carbocycles. The quantitative estimate of drug-likeness (QED) is 0.799. The zero-order chi connectivity index (χ0) is 15.8. The van der Waals surface area contributed by atoms with Gasteiger partial charge in [0, 0.05) is 13.0 Å². The van der Waals surface area contributed by atoms with Crippen LogP contribution in [-0.2, 0) is 4.79 Å². The third kappa shape index (κ3) is 4.93. The Balaban J connectivity index is 2.87. The largest absolute Gasteiger partial charge is 0.493 e. The number of carbonyl (C=O) groups is 1. The van der Waals surface area contributed by atoms with Gasteiger partial charge in [-0.15, -0.1) is 0 Å². The van der Waals surface area contributed by atoms with Crippen molar-refractivity contribution in [1.82, 2.24) is 10.2 Å².